The van der Waals surface area contributed by atoms with Crippen LogP contribution in [0.5, 0.6) is 0 Å². The maximum atomic E-state index is 13.2. The number of piperidine rings is 1. The Morgan fingerprint density at radius 2 is 1.90 bits per heavy atom. The summed E-state index contributed by atoms with van der Waals surface area (Å²) in [5.41, 5.74) is -0.433. The molecule has 0 aromatic heterocycles. The molecule has 3 rings (SSSR count). The van der Waals surface area contributed by atoms with Crippen molar-refractivity contribution in [2.24, 2.45) is 0 Å². The number of sulfonamides is 1. The van der Waals surface area contributed by atoms with Crippen LogP contribution in [0.2, 0.25) is 0 Å². The second-order valence-electron chi connectivity index (χ2n) is 8.14. The summed E-state index contributed by atoms with van der Waals surface area (Å²) in [4.78, 5) is 35.5. The highest BCUT2D eigenvalue weighted by molar-refractivity contribution is 7.89. The Balaban J connectivity index is 1.79. The summed E-state index contributed by atoms with van der Waals surface area (Å²) in [6.07, 6.45) is 1.53. The van der Waals surface area contributed by atoms with E-state index in [4.69, 9.17) is 4.74 Å². The summed E-state index contributed by atoms with van der Waals surface area (Å²) in [7, 11) is -3.91. The molecule has 2 heterocycles. The number of hydrogen-bond acceptors (Lipinski definition) is 6. The van der Waals surface area contributed by atoms with E-state index < -0.39 is 39.6 Å². The first-order chi connectivity index (χ1) is 13.5. The summed E-state index contributed by atoms with van der Waals surface area (Å²) in [5, 5.41) is 4.79. The minimum absolute atomic E-state index is 0.0507. The first kappa shape index (κ1) is 21.3. The van der Waals surface area contributed by atoms with Gasteiger partial charge in [0.1, 0.15) is 5.60 Å². The van der Waals surface area contributed by atoms with Crippen molar-refractivity contribution in [2.45, 2.75) is 56.6 Å². The number of ether oxygens (including phenoxy) is 1. The van der Waals surface area contributed by atoms with E-state index in [1.165, 1.54) is 22.5 Å². The lowest BCUT2D eigenvalue weighted by Crippen LogP contribution is -2.49. The molecule has 1 aromatic carbocycles. The van der Waals surface area contributed by atoms with Crippen LogP contribution in [0.1, 0.15) is 60.7 Å². The molecule has 1 fully saturated rings. The van der Waals surface area contributed by atoms with Crippen LogP contribution in [0.3, 0.4) is 0 Å². The second-order valence-corrected chi connectivity index (χ2v) is 10.0. The average molecular weight is 423 g/mol. The molecule has 0 spiro atoms. The number of fused-ring (bicyclic) bond motifs is 1. The highest BCUT2D eigenvalue weighted by Gasteiger charge is 2.36. The molecule has 1 aromatic rings. The van der Waals surface area contributed by atoms with Crippen molar-refractivity contribution in [3.63, 3.8) is 0 Å². The molecular formula is C19H25N3O6S. The Morgan fingerprint density at radius 1 is 1.21 bits per heavy atom. The Bertz CT molecular complexity index is 951. The maximum absolute atomic E-state index is 13.2. The molecule has 1 atom stereocenters. The normalized spacial score (nSPS) is 20.2. The number of imide groups is 1. The minimum Gasteiger partial charge on any atom is -0.444 e. The summed E-state index contributed by atoms with van der Waals surface area (Å²) in [6, 6.07) is 3.49. The maximum Gasteiger partial charge on any atom is 0.407 e. The Kier molecular flexibility index (Phi) is 5.68. The Hall–Kier alpha value is -2.46. The molecule has 2 aliphatic heterocycles. The fourth-order valence-electron chi connectivity index (χ4n) is 3.45. The zero-order chi connectivity index (χ0) is 21.4. The van der Waals surface area contributed by atoms with Gasteiger partial charge in [-0.05, 0) is 51.8 Å². The molecule has 158 valence electrons. The van der Waals surface area contributed by atoms with E-state index >= 15 is 0 Å². The van der Waals surface area contributed by atoms with E-state index in [2.05, 4.69) is 10.6 Å². The number of hydrogen-bond donors (Lipinski definition) is 2. The lowest BCUT2D eigenvalue weighted by Gasteiger charge is -2.35. The SMILES string of the molecule is CC(C)(C)OC(=O)NCC1CCCCN1S(=O)(=O)c1ccc2c(c1)C(=O)NC2=O. The van der Waals surface area contributed by atoms with E-state index in [0.29, 0.717) is 19.4 Å². The van der Waals surface area contributed by atoms with Gasteiger partial charge in [0.2, 0.25) is 10.0 Å². The van der Waals surface area contributed by atoms with Gasteiger partial charge in [-0.1, -0.05) is 6.42 Å². The fraction of sp³-hybridized carbons (Fsp3) is 0.526. The molecule has 29 heavy (non-hydrogen) atoms. The van der Waals surface area contributed by atoms with Crippen LogP contribution in [0.15, 0.2) is 23.1 Å². The number of alkyl carbamates (subject to hydrolysis) is 1. The van der Waals surface area contributed by atoms with Gasteiger partial charge in [-0.15, -0.1) is 0 Å². The second kappa shape index (κ2) is 7.75. The number of carbonyl (C=O) groups excluding carboxylic acids is 3. The first-order valence-electron chi connectivity index (χ1n) is 9.47. The van der Waals surface area contributed by atoms with Crippen molar-refractivity contribution < 1.29 is 27.5 Å². The van der Waals surface area contributed by atoms with Crippen molar-refractivity contribution in [3.8, 4) is 0 Å². The van der Waals surface area contributed by atoms with Crippen LogP contribution in [0.25, 0.3) is 0 Å². The number of nitrogens with one attached hydrogen (secondary N) is 2. The highest BCUT2D eigenvalue weighted by Crippen LogP contribution is 2.27. The van der Waals surface area contributed by atoms with Crippen molar-refractivity contribution in [2.75, 3.05) is 13.1 Å². The summed E-state index contributed by atoms with van der Waals surface area (Å²) >= 11 is 0. The monoisotopic (exact) mass is 423 g/mol. The van der Waals surface area contributed by atoms with E-state index in [1.807, 2.05) is 0 Å². The molecule has 1 unspecified atom stereocenters. The van der Waals surface area contributed by atoms with Gasteiger partial charge in [-0.25, -0.2) is 13.2 Å². The summed E-state index contributed by atoms with van der Waals surface area (Å²) in [5.74, 6) is -1.14. The molecule has 1 saturated heterocycles. The van der Waals surface area contributed by atoms with Crippen LogP contribution in [-0.2, 0) is 14.8 Å². The van der Waals surface area contributed by atoms with Crippen molar-refractivity contribution in [1.82, 2.24) is 14.9 Å². The fourth-order valence-corrected chi connectivity index (χ4v) is 5.17. The lowest BCUT2D eigenvalue weighted by atomic mass is 10.1. The van der Waals surface area contributed by atoms with Crippen molar-refractivity contribution >= 4 is 27.9 Å². The van der Waals surface area contributed by atoms with Gasteiger partial charge in [-0.3, -0.25) is 14.9 Å². The van der Waals surface area contributed by atoms with Gasteiger partial charge < -0.3 is 10.1 Å². The van der Waals surface area contributed by atoms with Gasteiger partial charge >= 0.3 is 6.09 Å². The molecule has 2 N–H and O–H groups in total. The topological polar surface area (TPSA) is 122 Å². The van der Waals surface area contributed by atoms with E-state index in [9.17, 15) is 22.8 Å². The number of nitrogens with zero attached hydrogens (tertiary/aromatic N) is 1. The van der Waals surface area contributed by atoms with Gasteiger partial charge in [0.15, 0.2) is 0 Å². The number of amides is 3. The third-order valence-corrected chi connectivity index (χ3v) is 6.72. The number of carbonyl (C=O) groups is 3. The Morgan fingerprint density at radius 3 is 2.59 bits per heavy atom. The van der Waals surface area contributed by atoms with Crippen molar-refractivity contribution in [1.29, 1.82) is 0 Å². The van der Waals surface area contributed by atoms with Crippen LogP contribution < -0.4 is 10.6 Å². The van der Waals surface area contributed by atoms with Gasteiger partial charge in [0, 0.05) is 19.1 Å². The van der Waals surface area contributed by atoms with Crippen LogP contribution in [0.4, 0.5) is 4.79 Å². The molecule has 0 bridgehead atoms. The molecule has 0 radical (unpaired) electrons. The van der Waals surface area contributed by atoms with Gasteiger partial charge in [0.25, 0.3) is 11.8 Å². The third-order valence-electron chi connectivity index (χ3n) is 4.77. The van der Waals surface area contributed by atoms with Crippen LogP contribution in [0, 0.1) is 0 Å². The molecular weight excluding hydrogens is 398 g/mol. The van der Waals surface area contributed by atoms with E-state index in [-0.39, 0.29) is 22.6 Å². The molecule has 10 heteroatoms. The zero-order valence-electron chi connectivity index (χ0n) is 16.6. The summed E-state index contributed by atoms with van der Waals surface area (Å²) in [6.45, 7) is 5.68. The first-order valence-corrected chi connectivity index (χ1v) is 10.9. The molecule has 0 saturated carbocycles. The smallest absolute Gasteiger partial charge is 0.407 e. The average Bonchev–Trinajstić information content (AvgIpc) is 2.92. The predicted molar refractivity (Wildman–Crippen MR) is 104 cm³/mol. The molecule has 0 aliphatic carbocycles. The highest BCUT2D eigenvalue weighted by atomic mass is 32.2. The predicted octanol–water partition coefficient (Wildman–Crippen LogP) is 1.64. The van der Waals surface area contributed by atoms with Crippen molar-refractivity contribution in [3.05, 3.63) is 29.3 Å². The van der Waals surface area contributed by atoms with Gasteiger partial charge in [0.05, 0.1) is 16.0 Å². The van der Waals surface area contributed by atoms with Crippen LogP contribution in [-0.4, -0.2) is 55.4 Å². The molecule has 3 amide bonds. The lowest BCUT2D eigenvalue weighted by molar-refractivity contribution is 0.0511. The summed E-state index contributed by atoms with van der Waals surface area (Å²) < 4.78 is 33.0. The number of rotatable bonds is 4. The standard InChI is InChI=1S/C19H25N3O6S/c1-19(2,3)28-18(25)20-11-12-6-4-5-9-22(12)29(26,27)13-7-8-14-15(10-13)17(24)21-16(14)23/h7-8,10,12H,4-6,9,11H2,1-3H3,(H,20,25)(H,21,23,24). The van der Waals surface area contributed by atoms with E-state index in [1.54, 1.807) is 20.8 Å². The molecule has 2 aliphatic rings. The quantitative estimate of drug-likeness (QED) is 0.710. The third kappa shape index (κ3) is 4.59. The van der Waals surface area contributed by atoms with Crippen LogP contribution >= 0.6 is 0 Å². The Labute approximate surface area is 169 Å². The zero-order valence-corrected chi connectivity index (χ0v) is 17.5. The molecule has 9 nitrogen and oxygen atoms in total. The van der Waals surface area contributed by atoms with E-state index in [0.717, 1.165) is 6.42 Å². The minimum atomic E-state index is -3.91. The number of benzene rings is 1. The van der Waals surface area contributed by atoms with Gasteiger partial charge in [-0.2, -0.15) is 4.31 Å². The largest absolute Gasteiger partial charge is 0.444 e.